The molecular weight excluding hydrogens is 504 g/mol. The molecule has 0 heterocycles. The van der Waals surface area contributed by atoms with E-state index in [9.17, 15) is 10.1 Å². The van der Waals surface area contributed by atoms with Crippen molar-refractivity contribution in [1.29, 1.82) is 5.26 Å². The Morgan fingerprint density at radius 3 is 2.42 bits per heavy atom. The highest BCUT2D eigenvalue weighted by Gasteiger charge is 2.15. The zero-order valence-corrected chi connectivity index (χ0v) is 20.8. The van der Waals surface area contributed by atoms with Crippen LogP contribution in [0.25, 0.3) is 6.08 Å². The summed E-state index contributed by atoms with van der Waals surface area (Å²) in [7, 11) is 1.53. The molecule has 1 amide bonds. The topological polar surface area (TPSA) is 71.3 Å². The number of benzene rings is 3. The molecule has 0 saturated carbocycles. The number of amides is 1. The lowest BCUT2D eigenvalue weighted by Gasteiger charge is -2.14. The lowest BCUT2D eigenvalue weighted by molar-refractivity contribution is -0.112. The Morgan fingerprint density at radius 1 is 1.15 bits per heavy atom. The Morgan fingerprint density at radius 2 is 1.82 bits per heavy atom. The maximum Gasteiger partial charge on any atom is 0.266 e. The van der Waals surface area contributed by atoms with Gasteiger partial charge in [0.05, 0.1) is 11.6 Å². The van der Waals surface area contributed by atoms with Gasteiger partial charge in [-0.2, -0.15) is 5.26 Å². The molecule has 3 aromatic carbocycles. The number of nitrogens with zero attached hydrogens (tertiary/aromatic N) is 1. The molecule has 1 N–H and O–H groups in total. The SMILES string of the molecule is COc1cc(/C=C(/C#N)C(=O)Nc2c(C)cccc2C)cc(Br)c1OCc1ccc(Cl)cc1. The molecule has 0 radical (unpaired) electrons. The van der Waals surface area contributed by atoms with E-state index in [4.69, 9.17) is 21.1 Å². The lowest BCUT2D eigenvalue weighted by Crippen LogP contribution is -2.15. The van der Waals surface area contributed by atoms with Crippen LogP contribution in [0.4, 0.5) is 5.69 Å². The zero-order chi connectivity index (χ0) is 24.0. The molecule has 3 aromatic rings. The number of carbonyl (C=O) groups is 1. The van der Waals surface area contributed by atoms with E-state index in [0.29, 0.717) is 38.9 Å². The van der Waals surface area contributed by atoms with Crippen LogP contribution in [0.5, 0.6) is 11.5 Å². The number of nitriles is 1. The first-order valence-electron chi connectivity index (χ1n) is 10.1. The van der Waals surface area contributed by atoms with Crippen molar-refractivity contribution < 1.29 is 14.3 Å². The van der Waals surface area contributed by atoms with Gasteiger partial charge in [0.15, 0.2) is 11.5 Å². The molecule has 0 fully saturated rings. The fourth-order valence-corrected chi connectivity index (χ4v) is 3.91. The fraction of sp³-hybridized carbons (Fsp3) is 0.154. The van der Waals surface area contributed by atoms with Gasteiger partial charge in [-0.15, -0.1) is 0 Å². The summed E-state index contributed by atoms with van der Waals surface area (Å²) in [5.41, 5.74) is 4.09. The molecule has 33 heavy (non-hydrogen) atoms. The van der Waals surface area contributed by atoms with Crippen molar-refractivity contribution in [3.8, 4) is 17.6 Å². The van der Waals surface area contributed by atoms with Crippen LogP contribution < -0.4 is 14.8 Å². The van der Waals surface area contributed by atoms with E-state index in [2.05, 4.69) is 21.2 Å². The Kier molecular flexibility index (Phi) is 8.16. The van der Waals surface area contributed by atoms with E-state index < -0.39 is 5.91 Å². The van der Waals surface area contributed by atoms with Gasteiger partial charge in [-0.25, -0.2) is 0 Å². The van der Waals surface area contributed by atoms with Gasteiger partial charge in [-0.1, -0.05) is 41.9 Å². The second-order valence-corrected chi connectivity index (χ2v) is 8.63. The maximum atomic E-state index is 12.8. The van der Waals surface area contributed by atoms with Gasteiger partial charge in [-0.3, -0.25) is 4.79 Å². The molecule has 168 valence electrons. The first-order valence-corrected chi connectivity index (χ1v) is 11.2. The molecule has 0 aliphatic carbocycles. The standard InChI is InChI=1S/C26H22BrClN2O3/c1-16-5-4-6-17(2)24(16)30-26(31)20(14-29)11-19-12-22(27)25(23(13-19)32-3)33-15-18-7-9-21(28)10-8-18/h4-13H,15H2,1-3H3,(H,30,31)/b20-11-. The smallest absolute Gasteiger partial charge is 0.266 e. The molecule has 7 heteroatoms. The van der Waals surface area contributed by atoms with Crippen molar-refractivity contribution in [2.45, 2.75) is 20.5 Å². The van der Waals surface area contributed by atoms with Gasteiger partial charge in [0.2, 0.25) is 0 Å². The highest BCUT2D eigenvalue weighted by Crippen LogP contribution is 2.38. The van der Waals surface area contributed by atoms with Crippen LogP contribution in [0.15, 0.2) is 64.6 Å². The third-order valence-corrected chi connectivity index (χ3v) is 5.78. The Balaban J connectivity index is 1.84. The number of anilines is 1. The monoisotopic (exact) mass is 524 g/mol. The minimum atomic E-state index is -0.479. The fourth-order valence-electron chi connectivity index (χ4n) is 3.21. The Bertz CT molecular complexity index is 1230. The predicted octanol–water partition coefficient (Wildman–Crippen LogP) is 6.85. The van der Waals surface area contributed by atoms with Gasteiger partial charge in [0, 0.05) is 10.7 Å². The number of aryl methyl sites for hydroxylation is 2. The van der Waals surface area contributed by atoms with Gasteiger partial charge in [-0.05, 0) is 82.4 Å². The summed E-state index contributed by atoms with van der Waals surface area (Å²) in [5, 5.41) is 13.1. The van der Waals surface area contributed by atoms with Crippen LogP contribution in [-0.2, 0) is 11.4 Å². The highest BCUT2D eigenvalue weighted by atomic mass is 79.9. The van der Waals surface area contributed by atoms with E-state index in [1.165, 1.54) is 13.2 Å². The lowest BCUT2D eigenvalue weighted by atomic mass is 10.1. The summed E-state index contributed by atoms with van der Waals surface area (Å²) >= 11 is 9.44. The Labute approximate surface area is 206 Å². The molecule has 3 rings (SSSR count). The van der Waals surface area contributed by atoms with Crippen molar-refractivity contribution in [3.05, 3.63) is 91.9 Å². The summed E-state index contributed by atoms with van der Waals surface area (Å²) in [6.07, 6.45) is 1.51. The predicted molar refractivity (Wildman–Crippen MR) is 135 cm³/mol. The van der Waals surface area contributed by atoms with Crippen molar-refractivity contribution in [1.82, 2.24) is 0 Å². The molecule has 0 bridgehead atoms. The van der Waals surface area contributed by atoms with Crippen LogP contribution in [-0.4, -0.2) is 13.0 Å². The quantitative estimate of drug-likeness (QED) is 0.270. The van der Waals surface area contributed by atoms with Crippen molar-refractivity contribution in [2.75, 3.05) is 12.4 Å². The second kappa shape index (κ2) is 11.0. The summed E-state index contributed by atoms with van der Waals surface area (Å²) in [6, 6.07) is 18.6. The highest BCUT2D eigenvalue weighted by molar-refractivity contribution is 9.10. The van der Waals surface area contributed by atoms with E-state index >= 15 is 0 Å². The van der Waals surface area contributed by atoms with Gasteiger partial charge >= 0.3 is 0 Å². The number of hydrogen-bond acceptors (Lipinski definition) is 4. The first kappa shape index (κ1) is 24.4. The van der Waals surface area contributed by atoms with E-state index in [-0.39, 0.29) is 5.57 Å². The number of ether oxygens (including phenoxy) is 2. The van der Waals surface area contributed by atoms with Gasteiger partial charge in [0.25, 0.3) is 5.91 Å². The normalized spacial score (nSPS) is 11.0. The number of para-hydroxylation sites is 1. The van der Waals surface area contributed by atoms with Gasteiger partial charge < -0.3 is 14.8 Å². The van der Waals surface area contributed by atoms with Gasteiger partial charge in [0.1, 0.15) is 18.2 Å². The molecule has 0 aromatic heterocycles. The molecule has 0 unspecified atom stereocenters. The Hall–Kier alpha value is -3.27. The third-order valence-electron chi connectivity index (χ3n) is 4.94. The van der Waals surface area contributed by atoms with Crippen LogP contribution >= 0.6 is 27.5 Å². The minimum Gasteiger partial charge on any atom is -0.493 e. The second-order valence-electron chi connectivity index (χ2n) is 7.34. The molecule has 0 saturated heterocycles. The van der Waals surface area contributed by atoms with Crippen molar-refractivity contribution >= 4 is 45.2 Å². The molecule has 0 aliphatic heterocycles. The summed E-state index contributed by atoms with van der Waals surface area (Å²) in [5.74, 6) is 0.508. The summed E-state index contributed by atoms with van der Waals surface area (Å²) in [6.45, 7) is 4.13. The summed E-state index contributed by atoms with van der Waals surface area (Å²) < 4.78 is 12.1. The largest absolute Gasteiger partial charge is 0.493 e. The number of methoxy groups -OCH3 is 1. The molecule has 0 atom stereocenters. The van der Waals surface area contributed by atoms with Crippen molar-refractivity contribution in [3.63, 3.8) is 0 Å². The van der Waals surface area contributed by atoms with E-state index in [1.807, 2.05) is 50.2 Å². The molecule has 0 spiro atoms. The minimum absolute atomic E-state index is 0.0264. The van der Waals surface area contributed by atoms with Crippen LogP contribution in [0.3, 0.4) is 0 Å². The van der Waals surface area contributed by atoms with E-state index in [0.717, 1.165) is 16.7 Å². The van der Waals surface area contributed by atoms with Crippen molar-refractivity contribution in [2.24, 2.45) is 0 Å². The maximum absolute atomic E-state index is 12.8. The van der Waals surface area contributed by atoms with Crippen LogP contribution in [0.1, 0.15) is 22.3 Å². The molecule has 5 nitrogen and oxygen atoms in total. The average Bonchev–Trinajstić information content (AvgIpc) is 2.79. The van der Waals surface area contributed by atoms with Crippen LogP contribution in [0.2, 0.25) is 5.02 Å². The number of rotatable bonds is 7. The van der Waals surface area contributed by atoms with E-state index in [1.54, 1.807) is 24.3 Å². The number of carbonyl (C=O) groups excluding carboxylic acids is 1. The first-order chi connectivity index (χ1) is 15.8. The average molecular weight is 526 g/mol. The zero-order valence-electron chi connectivity index (χ0n) is 18.4. The number of hydrogen-bond donors (Lipinski definition) is 1. The molecular formula is C26H22BrClN2O3. The molecule has 0 aliphatic rings. The summed E-state index contributed by atoms with van der Waals surface area (Å²) in [4.78, 5) is 12.8. The van der Waals surface area contributed by atoms with Crippen LogP contribution in [0, 0.1) is 25.2 Å². The third kappa shape index (κ3) is 6.16. The number of nitrogens with one attached hydrogen (secondary N) is 1. The number of halogens is 2.